The van der Waals surface area contributed by atoms with Crippen molar-refractivity contribution in [2.45, 2.75) is 33.7 Å². The van der Waals surface area contributed by atoms with Gasteiger partial charge in [0, 0.05) is 23.5 Å². The molecule has 0 aliphatic heterocycles. The summed E-state index contributed by atoms with van der Waals surface area (Å²) in [6, 6.07) is 7.03. The molecule has 1 N–H and O–H groups in total. The molecule has 7 nitrogen and oxygen atoms in total. The summed E-state index contributed by atoms with van der Waals surface area (Å²) < 4.78 is 17.6. The van der Waals surface area contributed by atoms with Gasteiger partial charge in [-0.3, -0.25) is 4.79 Å². The number of carbonyl (C=O) groups is 2. The second-order valence-corrected chi connectivity index (χ2v) is 6.44. The third-order valence-electron chi connectivity index (χ3n) is 4.24. The van der Waals surface area contributed by atoms with Crippen LogP contribution in [0.1, 0.15) is 41.6 Å². The van der Waals surface area contributed by atoms with Crippen molar-refractivity contribution in [1.29, 1.82) is 0 Å². The molecule has 1 aromatic carbocycles. The van der Waals surface area contributed by atoms with E-state index in [9.17, 15) is 9.59 Å². The molecule has 146 valence electrons. The number of rotatable bonds is 7. The van der Waals surface area contributed by atoms with Crippen molar-refractivity contribution in [2.75, 3.05) is 26.1 Å². The van der Waals surface area contributed by atoms with E-state index in [0.717, 1.165) is 11.4 Å². The van der Waals surface area contributed by atoms with Crippen molar-refractivity contribution >= 4 is 17.6 Å². The molecule has 0 radical (unpaired) electrons. The van der Waals surface area contributed by atoms with Gasteiger partial charge in [0.2, 0.25) is 0 Å². The highest BCUT2D eigenvalue weighted by molar-refractivity contribution is 5.97. The molecule has 2 aromatic rings. The molecule has 0 fully saturated rings. The average molecular weight is 374 g/mol. The van der Waals surface area contributed by atoms with Crippen molar-refractivity contribution in [2.24, 2.45) is 0 Å². The van der Waals surface area contributed by atoms with Crippen LogP contribution in [0.15, 0.2) is 24.3 Å². The number of hydrogen-bond acceptors (Lipinski definition) is 5. The first-order valence-electron chi connectivity index (χ1n) is 8.65. The minimum Gasteiger partial charge on any atom is -0.497 e. The number of amides is 1. The number of nitrogens with zero attached hydrogens (tertiary/aromatic N) is 1. The van der Waals surface area contributed by atoms with Gasteiger partial charge in [-0.05, 0) is 45.9 Å². The van der Waals surface area contributed by atoms with Crippen molar-refractivity contribution < 1.29 is 23.8 Å². The lowest BCUT2D eigenvalue weighted by Crippen LogP contribution is -2.21. The molecule has 0 bridgehead atoms. The molecule has 2 rings (SSSR count). The third-order valence-corrected chi connectivity index (χ3v) is 4.24. The van der Waals surface area contributed by atoms with Gasteiger partial charge in [-0.2, -0.15) is 0 Å². The number of ether oxygens (including phenoxy) is 3. The minimum absolute atomic E-state index is 0.234. The van der Waals surface area contributed by atoms with Crippen LogP contribution >= 0.6 is 0 Å². The van der Waals surface area contributed by atoms with Crippen molar-refractivity contribution in [3.8, 4) is 11.5 Å². The highest BCUT2D eigenvalue weighted by Crippen LogP contribution is 2.29. The van der Waals surface area contributed by atoms with Crippen LogP contribution in [-0.4, -0.2) is 37.3 Å². The lowest BCUT2D eigenvalue weighted by Gasteiger charge is -2.13. The smallest absolute Gasteiger partial charge is 0.340 e. The highest BCUT2D eigenvalue weighted by atomic mass is 16.5. The molecule has 0 aliphatic carbocycles. The number of aromatic nitrogens is 1. The van der Waals surface area contributed by atoms with Crippen LogP contribution in [0.3, 0.4) is 0 Å². The van der Waals surface area contributed by atoms with E-state index in [1.165, 1.54) is 7.11 Å². The Labute approximate surface area is 159 Å². The highest BCUT2D eigenvalue weighted by Gasteiger charge is 2.19. The molecular weight excluding hydrogens is 348 g/mol. The zero-order chi connectivity index (χ0) is 20.1. The average Bonchev–Trinajstić information content (AvgIpc) is 2.94. The van der Waals surface area contributed by atoms with Gasteiger partial charge in [0.1, 0.15) is 11.5 Å². The van der Waals surface area contributed by atoms with Gasteiger partial charge in [-0.15, -0.1) is 0 Å². The van der Waals surface area contributed by atoms with E-state index in [4.69, 9.17) is 14.2 Å². The summed E-state index contributed by atoms with van der Waals surface area (Å²) in [5, 5.41) is 2.67. The van der Waals surface area contributed by atoms with Gasteiger partial charge in [0.15, 0.2) is 6.61 Å². The Bertz CT molecular complexity index is 839. The van der Waals surface area contributed by atoms with E-state index < -0.39 is 11.9 Å². The fourth-order valence-corrected chi connectivity index (χ4v) is 3.08. The van der Waals surface area contributed by atoms with E-state index in [0.29, 0.717) is 22.7 Å². The van der Waals surface area contributed by atoms with Crippen molar-refractivity contribution in [3.05, 3.63) is 41.2 Å². The largest absolute Gasteiger partial charge is 0.497 e. The van der Waals surface area contributed by atoms with Crippen LogP contribution < -0.4 is 14.8 Å². The second kappa shape index (κ2) is 8.62. The molecule has 27 heavy (non-hydrogen) atoms. The second-order valence-electron chi connectivity index (χ2n) is 6.44. The summed E-state index contributed by atoms with van der Waals surface area (Å²) in [4.78, 5) is 24.5. The molecule has 0 unspecified atom stereocenters. The SMILES string of the molecule is COc1ccc(NC(=O)COC(=O)c2cc(C)n(C(C)C)c2C)c(OC)c1. The van der Waals surface area contributed by atoms with E-state index in [2.05, 4.69) is 9.88 Å². The van der Waals surface area contributed by atoms with Gasteiger partial charge < -0.3 is 24.1 Å². The Morgan fingerprint density at radius 1 is 1.11 bits per heavy atom. The van der Waals surface area contributed by atoms with Gasteiger partial charge >= 0.3 is 5.97 Å². The number of anilines is 1. The Morgan fingerprint density at radius 3 is 2.37 bits per heavy atom. The molecule has 0 saturated heterocycles. The topological polar surface area (TPSA) is 78.8 Å². The summed E-state index contributed by atoms with van der Waals surface area (Å²) in [6.45, 7) is 7.51. The van der Waals surface area contributed by atoms with Crippen molar-refractivity contribution in [1.82, 2.24) is 4.57 Å². The molecule has 0 spiro atoms. The molecule has 0 aliphatic rings. The Balaban J connectivity index is 2.02. The first-order valence-corrected chi connectivity index (χ1v) is 8.65. The fourth-order valence-electron chi connectivity index (χ4n) is 3.08. The van der Waals surface area contributed by atoms with Gasteiger partial charge in [0.05, 0.1) is 25.5 Å². The molecule has 7 heteroatoms. The Morgan fingerprint density at radius 2 is 1.81 bits per heavy atom. The number of methoxy groups -OCH3 is 2. The van der Waals surface area contributed by atoms with Crippen LogP contribution in [0.2, 0.25) is 0 Å². The Kier molecular flexibility index (Phi) is 6.50. The first-order chi connectivity index (χ1) is 12.8. The molecule has 0 saturated carbocycles. The predicted octanol–water partition coefficient (Wildman–Crippen LogP) is 3.50. The monoisotopic (exact) mass is 374 g/mol. The molecule has 1 aromatic heterocycles. The van der Waals surface area contributed by atoms with Crippen molar-refractivity contribution in [3.63, 3.8) is 0 Å². The lowest BCUT2D eigenvalue weighted by molar-refractivity contribution is -0.119. The number of carbonyl (C=O) groups excluding carboxylic acids is 2. The van der Waals surface area contributed by atoms with E-state index >= 15 is 0 Å². The van der Waals surface area contributed by atoms with Crippen LogP contribution in [0.25, 0.3) is 0 Å². The van der Waals surface area contributed by atoms with Crippen LogP contribution in [0.5, 0.6) is 11.5 Å². The van der Waals surface area contributed by atoms with Gasteiger partial charge in [-0.25, -0.2) is 4.79 Å². The van der Waals surface area contributed by atoms with E-state index in [1.54, 1.807) is 31.4 Å². The standard InChI is InChI=1S/C20H26N2O5/c1-12(2)22-13(3)9-16(14(22)4)20(24)27-11-19(23)21-17-8-7-15(25-5)10-18(17)26-6/h7-10,12H,11H2,1-6H3,(H,21,23). The van der Waals surface area contributed by atoms with Gasteiger partial charge in [-0.1, -0.05) is 0 Å². The summed E-state index contributed by atoms with van der Waals surface area (Å²) >= 11 is 0. The van der Waals surface area contributed by atoms with Crippen LogP contribution in [-0.2, 0) is 9.53 Å². The maximum atomic E-state index is 12.4. The van der Waals surface area contributed by atoms with Gasteiger partial charge in [0.25, 0.3) is 5.91 Å². The summed E-state index contributed by atoms with van der Waals surface area (Å²) in [5.41, 5.74) is 2.74. The zero-order valence-corrected chi connectivity index (χ0v) is 16.6. The predicted molar refractivity (Wildman–Crippen MR) is 103 cm³/mol. The minimum atomic E-state index is -0.521. The maximum absolute atomic E-state index is 12.4. The summed E-state index contributed by atoms with van der Waals surface area (Å²) in [7, 11) is 3.04. The molecule has 1 amide bonds. The number of benzene rings is 1. The normalized spacial score (nSPS) is 10.6. The number of aryl methyl sites for hydroxylation is 1. The number of hydrogen-bond donors (Lipinski definition) is 1. The summed E-state index contributed by atoms with van der Waals surface area (Å²) in [5.74, 6) is 0.0858. The molecular formula is C20H26N2O5. The summed E-state index contributed by atoms with van der Waals surface area (Å²) in [6.07, 6.45) is 0. The number of nitrogens with one attached hydrogen (secondary N) is 1. The zero-order valence-electron chi connectivity index (χ0n) is 16.6. The maximum Gasteiger partial charge on any atom is 0.340 e. The number of esters is 1. The molecule has 0 atom stereocenters. The quantitative estimate of drug-likeness (QED) is 0.751. The van der Waals surface area contributed by atoms with E-state index in [-0.39, 0.29) is 12.6 Å². The van der Waals surface area contributed by atoms with Crippen LogP contribution in [0, 0.1) is 13.8 Å². The first kappa shape index (κ1) is 20.4. The Hall–Kier alpha value is -2.96. The molecule has 1 heterocycles. The third kappa shape index (κ3) is 4.61. The fraction of sp³-hybridized carbons (Fsp3) is 0.400. The van der Waals surface area contributed by atoms with E-state index in [1.807, 2.05) is 27.7 Å². The van der Waals surface area contributed by atoms with Crippen LogP contribution in [0.4, 0.5) is 5.69 Å². The lowest BCUT2D eigenvalue weighted by atomic mass is 10.2.